The molecule has 1 aliphatic rings. The molecule has 0 saturated carbocycles. The summed E-state index contributed by atoms with van der Waals surface area (Å²) in [5, 5.41) is 11.8. The Morgan fingerprint density at radius 1 is 1.18 bits per heavy atom. The highest BCUT2D eigenvalue weighted by molar-refractivity contribution is 7.10. The topological polar surface area (TPSA) is 82.8 Å². The molecule has 0 spiro atoms. The fourth-order valence-electron chi connectivity index (χ4n) is 4.97. The number of ether oxygens (including phenoxy) is 3. The van der Waals surface area contributed by atoms with Crippen LogP contribution in [-0.4, -0.2) is 34.3 Å². The number of halogens is 2. The van der Waals surface area contributed by atoms with Gasteiger partial charge in [0, 0.05) is 42.5 Å². The zero-order chi connectivity index (χ0) is 28.0. The van der Waals surface area contributed by atoms with Crippen LogP contribution >= 0.6 is 22.9 Å². The van der Waals surface area contributed by atoms with Crippen LogP contribution in [0.3, 0.4) is 0 Å². The van der Waals surface area contributed by atoms with Gasteiger partial charge in [-0.3, -0.25) is 0 Å². The number of para-hydroxylation sites is 1. The smallest absolute Gasteiger partial charge is 0.335 e. The molecule has 3 heterocycles. The molecule has 1 N–H and O–H groups in total. The molecule has 5 aromatic rings. The van der Waals surface area contributed by atoms with Gasteiger partial charge in [-0.2, -0.15) is 0 Å². The van der Waals surface area contributed by atoms with E-state index in [1.54, 1.807) is 61.8 Å². The second-order valence-corrected chi connectivity index (χ2v) is 11.0. The Morgan fingerprint density at radius 3 is 2.80 bits per heavy atom. The molecule has 3 aromatic carbocycles. The minimum atomic E-state index is -1.34. The van der Waals surface area contributed by atoms with Crippen LogP contribution in [0.5, 0.6) is 11.5 Å². The van der Waals surface area contributed by atoms with Gasteiger partial charge in [0.25, 0.3) is 5.79 Å². The van der Waals surface area contributed by atoms with Crippen LogP contribution in [0.25, 0.3) is 22.2 Å². The Bertz CT molecular complexity index is 1770. The predicted octanol–water partition coefficient (Wildman–Crippen LogP) is 7.14. The normalized spacial score (nSPS) is 16.1. The van der Waals surface area contributed by atoms with E-state index in [1.165, 1.54) is 6.07 Å². The average molecular weight is 579 g/mol. The highest BCUT2D eigenvalue weighted by Gasteiger charge is 2.42. The molecule has 1 atom stereocenters. The number of benzene rings is 3. The number of carboxylic acid groups (broad SMARTS) is 1. The van der Waals surface area contributed by atoms with Crippen LogP contribution in [-0.2, 0) is 23.5 Å². The number of carbonyl (C=O) groups is 1. The van der Waals surface area contributed by atoms with E-state index in [9.17, 15) is 14.3 Å². The molecule has 0 radical (unpaired) electrons. The number of hydrogen-bond acceptors (Lipinski definition) is 6. The van der Waals surface area contributed by atoms with Crippen molar-refractivity contribution in [2.24, 2.45) is 0 Å². The Morgan fingerprint density at radius 2 is 2.02 bits per heavy atom. The summed E-state index contributed by atoms with van der Waals surface area (Å²) in [6, 6.07) is 17.1. The van der Waals surface area contributed by atoms with Crippen molar-refractivity contribution in [2.75, 3.05) is 13.7 Å². The number of aromatic carboxylic acids is 1. The first-order valence-electron chi connectivity index (χ1n) is 12.5. The highest BCUT2D eigenvalue weighted by atomic mass is 35.5. The summed E-state index contributed by atoms with van der Waals surface area (Å²) >= 11 is 7.53. The number of hydrogen-bond donors (Lipinski definition) is 1. The van der Waals surface area contributed by atoms with E-state index in [4.69, 9.17) is 30.8 Å². The van der Waals surface area contributed by atoms with Crippen molar-refractivity contribution in [3.63, 3.8) is 0 Å². The summed E-state index contributed by atoms with van der Waals surface area (Å²) < 4.78 is 34.4. The van der Waals surface area contributed by atoms with E-state index >= 15 is 0 Å². The number of carboxylic acids is 1. The largest absolute Gasteiger partial charge is 0.478 e. The van der Waals surface area contributed by atoms with Gasteiger partial charge in [0.1, 0.15) is 11.6 Å². The van der Waals surface area contributed by atoms with Crippen molar-refractivity contribution in [2.45, 2.75) is 25.7 Å². The summed E-state index contributed by atoms with van der Waals surface area (Å²) in [5.41, 5.74) is 3.72. The third kappa shape index (κ3) is 4.70. The predicted molar refractivity (Wildman–Crippen MR) is 151 cm³/mol. The van der Waals surface area contributed by atoms with E-state index < -0.39 is 17.6 Å². The summed E-state index contributed by atoms with van der Waals surface area (Å²) in [5.74, 6) is -0.953. The maximum Gasteiger partial charge on any atom is 0.335 e. The number of imidazole rings is 1. The van der Waals surface area contributed by atoms with Gasteiger partial charge >= 0.3 is 5.97 Å². The van der Waals surface area contributed by atoms with Gasteiger partial charge < -0.3 is 23.9 Å². The number of thiophene rings is 1. The maximum atomic E-state index is 14.8. The van der Waals surface area contributed by atoms with E-state index in [-0.39, 0.29) is 11.1 Å². The number of aromatic nitrogens is 2. The molecule has 2 aromatic heterocycles. The molecule has 6 rings (SSSR count). The third-order valence-electron chi connectivity index (χ3n) is 6.89. The average Bonchev–Trinajstić information content (AvgIpc) is 3.62. The van der Waals surface area contributed by atoms with Gasteiger partial charge in [-0.15, -0.1) is 11.3 Å². The SMILES string of the molecule is COCCn1c(Cc2cc(-c3cccc4c3OC(C)(c3ccc(Cl)cc3F)O4)cs2)nc2ccc(C(=O)O)cc21. The molecule has 0 fully saturated rings. The summed E-state index contributed by atoms with van der Waals surface area (Å²) in [6.45, 7) is 2.69. The molecule has 1 aliphatic heterocycles. The fourth-order valence-corrected chi connectivity index (χ4v) is 6.00. The maximum absolute atomic E-state index is 14.8. The first-order valence-corrected chi connectivity index (χ1v) is 13.8. The summed E-state index contributed by atoms with van der Waals surface area (Å²) in [4.78, 5) is 17.4. The van der Waals surface area contributed by atoms with Crippen LogP contribution < -0.4 is 9.47 Å². The first kappa shape index (κ1) is 26.3. The zero-order valence-corrected chi connectivity index (χ0v) is 23.2. The third-order valence-corrected chi connectivity index (χ3v) is 8.06. The Balaban J connectivity index is 1.31. The number of rotatable bonds is 8. The minimum absolute atomic E-state index is 0.210. The van der Waals surface area contributed by atoms with Crippen LogP contribution in [0.1, 0.15) is 33.5 Å². The van der Waals surface area contributed by atoms with Crippen LogP contribution in [0.2, 0.25) is 5.02 Å². The van der Waals surface area contributed by atoms with Gasteiger partial charge in [-0.05, 0) is 59.5 Å². The quantitative estimate of drug-likeness (QED) is 0.211. The van der Waals surface area contributed by atoms with Gasteiger partial charge in [0.15, 0.2) is 11.5 Å². The Labute approximate surface area is 238 Å². The number of nitrogens with zero attached hydrogens (tertiary/aromatic N) is 2. The molecular formula is C30H24ClFN2O5S. The lowest BCUT2D eigenvalue weighted by molar-refractivity contribution is -0.0705. The van der Waals surface area contributed by atoms with E-state index in [0.717, 1.165) is 32.9 Å². The second kappa shape index (κ2) is 10.2. The molecule has 0 aliphatic carbocycles. The minimum Gasteiger partial charge on any atom is -0.478 e. The monoisotopic (exact) mass is 578 g/mol. The molecule has 1 unspecified atom stereocenters. The van der Waals surface area contributed by atoms with Crippen LogP contribution in [0.15, 0.2) is 66.0 Å². The fraction of sp³-hybridized carbons (Fsp3) is 0.200. The Kier molecular flexibility index (Phi) is 6.74. The summed E-state index contributed by atoms with van der Waals surface area (Å²) in [6.07, 6.45) is 0.547. The lowest BCUT2D eigenvalue weighted by atomic mass is 10.1. The number of methoxy groups -OCH3 is 1. The van der Waals surface area contributed by atoms with Crippen molar-refractivity contribution in [3.8, 4) is 22.6 Å². The van der Waals surface area contributed by atoms with Crippen molar-refractivity contribution >= 4 is 39.9 Å². The molecule has 204 valence electrons. The molecule has 0 amide bonds. The van der Waals surface area contributed by atoms with Gasteiger partial charge in [0.05, 0.1) is 28.8 Å². The number of fused-ring (bicyclic) bond motifs is 2. The van der Waals surface area contributed by atoms with Gasteiger partial charge in [0.2, 0.25) is 0 Å². The zero-order valence-electron chi connectivity index (χ0n) is 21.6. The molecular weight excluding hydrogens is 555 g/mol. The molecule has 0 bridgehead atoms. The standard InChI is InChI=1S/C30H24ClFN2O5S/c1-30(22-8-7-19(31)14-23(22)32)38-26-5-3-4-21(28(26)39-30)18-12-20(40-16-18)15-27-33-24-9-6-17(29(35)36)13-25(24)34(27)10-11-37-2/h3-9,12-14,16H,10-11,15H2,1-2H3,(H,35,36). The van der Waals surface area contributed by atoms with Crippen molar-refractivity contribution < 1.29 is 28.5 Å². The lowest BCUT2D eigenvalue weighted by Crippen LogP contribution is -2.32. The van der Waals surface area contributed by atoms with E-state index in [0.29, 0.717) is 36.1 Å². The van der Waals surface area contributed by atoms with Gasteiger partial charge in [-0.25, -0.2) is 14.2 Å². The molecule has 10 heteroatoms. The molecule has 7 nitrogen and oxygen atoms in total. The van der Waals surface area contributed by atoms with Crippen LogP contribution in [0.4, 0.5) is 4.39 Å². The van der Waals surface area contributed by atoms with Crippen LogP contribution in [0, 0.1) is 5.82 Å². The van der Waals surface area contributed by atoms with E-state index in [1.807, 2.05) is 22.1 Å². The lowest BCUT2D eigenvalue weighted by Gasteiger charge is -2.24. The van der Waals surface area contributed by atoms with E-state index in [2.05, 4.69) is 6.07 Å². The highest BCUT2D eigenvalue weighted by Crippen LogP contribution is 2.50. The first-order chi connectivity index (χ1) is 19.3. The van der Waals surface area contributed by atoms with Crippen molar-refractivity contribution in [1.29, 1.82) is 0 Å². The summed E-state index contributed by atoms with van der Waals surface area (Å²) in [7, 11) is 1.63. The molecule has 0 saturated heterocycles. The van der Waals surface area contributed by atoms with Crippen molar-refractivity contribution in [1.82, 2.24) is 9.55 Å². The van der Waals surface area contributed by atoms with Gasteiger partial charge in [-0.1, -0.05) is 23.7 Å². The second-order valence-electron chi connectivity index (χ2n) is 9.57. The molecule has 40 heavy (non-hydrogen) atoms. The van der Waals surface area contributed by atoms with Crippen molar-refractivity contribution in [3.05, 3.63) is 98.7 Å². The Hall–Kier alpha value is -3.92.